The van der Waals surface area contributed by atoms with Crippen LogP contribution in [0.25, 0.3) is 5.57 Å². The molecule has 0 fully saturated rings. The third-order valence-corrected chi connectivity index (χ3v) is 3.92. The molecule has 21 heavy (non-hydrogen) atoms. The van der Waals surface area contributed by atoms with E-state index in [9.17, 15) is 0 Å². The van der Waals surface area contributed by atoms with E-state index in [4.69, 9.17) is 0 Å². The third-order valence-electron chi connectivity index (χ3n) is 3.92. The largest absolute Gasteiger partial charge is 0.347 e. The maximum Gasteiger partial charge on any atom is 0.100 e. The Bertz CT molecular complexity index is 488. The van der Waals surface area contributed by atoms with Crippen molar-refractivity contribution in [2.45, 2.75) is 39.0 Å². The van der Waals surface area contributed by atoms with Crippen LogP contribution in [0.1, 0.15) is 44.6 Å². The Labute approximate surface area is 128 Å². The molecule has 2 rings (SSSR count). The van der Waals surface area contributed by atoms with E-state index in [-0.39, 0.29) is 0 Å². The van der Waals surface area contributed by atoms with E-state index in [1.807, 2.05) is 7.05 Å². The maximum atomic E-state index is 4.43. The molecular weight excluding hydrogens is 258 g/mol. The molecular formula is C18H27N3. The highest BCUT2D eigenvalue weighted by atomic mass is 15.0. The van der Waals surface area contributed by atoms with Gasteiger partial charge in [0.05, 0.1) is 0 Å². The van der Waals surface area contributed by atoms with Crippen LogP contribution in [0, 0.1) is 0 Å². The van der Waals surface area contributed by atoms with E-state index < -0.39 is 0 Å². The van der Waals surface area contributed by atoms with Crippen LogP contribution in [-0.4, -0.2) is 26.0 Å². The summed E-state index contributed by atoms with van der Waals surface area (Å²) in [6.07, 6.45) is 5.81. The van der Waals surface area contributed by atoms with E-state index in [1.54, 1.807) is 0 Å². The molecule has 1 heterocycles. The minimum Gasteiger partial charge on any atom is -0.347 e. The Hall–Kier alpha value is -1.61. The molecule has 0 bridgehead atoms. The second kappa shape index (κ2) is 8.63. The highest BCUT2D eigenvalue weighted by Gasteiger charge is 2.15. The van der Waals surface area contributed by atoms with Crippen molar-refractivity contribution in [3.05, 3.63) is 41.6 Å². The zero-order valence-electron chi connectivity index (χ0n) is 13.3. The Morgan fingerprint density at radius 1 is 1.24 bits per heavy atom. The highest BCUT2D eigenvalue weighted by molar-refractivity contribution is 5.86. The van der Waals surface area contributed by atoms with Crippen molar-refractivity contribution < 1.29 is 0 Å². The monoisotopic (exact) mass is 285 g/mol. The summed E-state index contributed by atoms with van der Waals surface area (Å²) in [6.45, 7) is 4.20. The number of aliphatic imine (C=N–C) groups is 1. The van der Waals surface area contributed by atoms with Crippen LogP contribution in [0.15, 0.2) is 41.0 Å². The van der Waals surface area contributed by atoms with Crippen molar-refractivity contribution in [3.63, 3.8) is 0 Å². The Balaban J connectivity index is 2.12. The number of rotatable bonds is 6. The van der Waals surface area contributed by atoms with E-state index >= 15 is 0 Å². The summed E-state index contributed by atoms with van der Waals surface area (Å²) in [6, 6.07) is 10.6. The standard InChI is InChI=1S/C18H27N3/c1-3-4-6-11-18(19-2)21-17-12-13-20-14-16(17)15-9-7-5-8-10-15/h5,7-10,20H,3-4,6,11-14H2,1-2H3,(H,19,21). The Morgan fingerprint density at radius 3 is 2.76 bits per heavy atom. The van der Waals surface area contributed by atoms with E-state index in [1.165, 1.54) is 36.1 Å². The van der Waals surface area contributed by atoms with E-state index in [0.717, 1.165) is 31.8 Å². The van der Waals surface area contributed by atoms with Crippen LogP contribution >= 0.6 is 0 Å². The molecule has 0 aromatic heterocycles. The molecule has 0 saturated heterocycles. The first kappa shape index (κ1) is 15.8. The number of hydrogen-bond donors (Lipinski definition) is 2. The van der Waals surface area contributed by atoms with E-state index in [0.29, 0.717) is 0 Å². The number of benzene rings is 1. The summed E-state index contributed by atoms with van der Waals surface area (Å²) in [5.41, 5.74) is 4.01. The van der Waals surface area contributed by atoms with Crippen LogP contribution in [0.3, 0.4) is 0 Å². The van der Waals surface area contributed by atoms with Crippen LogP contribution in [0.5, 0.6) is 0 Å². The molecule has 1 aromatic carbocycles. The molecule has 0 spiro atoms. The van der Waals surface area contributed by atoms with Gasteiger partial charge < -0.3 is 10.6 Å². The third kappa shape index (κ3) is 4.71. The minimum atomic E-state index is 0.929. The van der Waals surface area contributed by atoms with Gasteiger partial charge in [-0.1, -0.05) is 50.1 Å². The Kier molecular flexibility index (Phi) is 6.48. The highest BCUT2D eigenvalue weighted by Crippen LogP contribution is 2.21. The Morgan fingerprint density at radius 2 is 2.05 bits per heavy atom. The lowest BCUT2D eigenvalue weighted by Crippen LogP contribution is -2.32. The minimum absolute atomic E-state index is 0.929. The molecule has 0 radical (unpaired) electrons. The number of nitrogens with zero attached hydrogens (tertiary/aromatic N) is 1. The molecule has 3 heteroatoms. The van der Waals surface area contributed by atoms with Gasteiger partial charge in [-0.05, 0) is 17.6 Å². The quantitative estimate of drug-likeness (QED) is 0.476. The molecule has 1 aliphatic heterocycles. The van der Waals surface area contributed by atoms with Gasteiger partial charge >= 0.3 is 0 Å². The summed E-state index contributed by atoms with van der Waals surface area (Å²) in [5.74, 6) is 1.12. The molecule has 0 saturated carbocycles. The number of unbranched alkanes of at least 4 members (excludes halogenated alkanes) is 2. The summed E-state index contributed by atoms with van der Waals surface area (Å²) in [7, 11) is 1.89. The van der Waals surface area contributed by atoms with Crippen LogP contribution in [0.2, 0.25) is 0 Å². The van der Waals surface area contributed by atoms with E-state index in [2.05, 4.69) is 52.9 Å². The second-order valence-electron chi connectivity index (χ2n) is 5.50. The fourth-order valence-electron chi connectivity index (χ4n) is 2.68. The van der Waals surface area contributed by atoms with Gasteiger partial charge in [-0.25, -0.2) is 0 Å². The van der Waals surface area contributed by atoms with Crippen molar-refractivity contribution >= 4 is 11.4 Å². The fraction of sp³-hybridized carbons (Fsp3) is 0.500. The average molecular weight is 285 g/mol. The first-order valence-electron chi connectivity index (χ1n) is 8.06. The van der Waals surface area contributed by atoms with Crippen LogP contribution in [0.4, 0.5) is 0 Å². The lowest BCUT2D eigenvalue weighted by atomic mass is 9.99. The number of nitrogens with one attached hydrogen (secondary N) is 2. The molecule has 3 nitrogen and oxygen atoms in total. The first-order chi connectivity index (χ1) is 10.3. The fourth-order valence-corrected chi connectivity index (χ4v) is 2.68. The van der Waals surface area contributed by atoms with Crippen LogP contribution < -0.4 is 10.6 Å². The van der Waals surface area contributed by atoms with Crippen molar-refractivity contribution in [2.75, 3.05) is 20.1 Å². The summed E-state index contributed by atoms with van der Waals surface area (Å²) >= 11 is 0. The topological polar surface area (TPSA) is 36.4 Å². The SMILES string of the molecule is CCCCCC(=NC)NC1=C(c2ccccc2)CNCC1. The normalized spacial score (nSPS) is 16.2. The summed E-state index contributed by atoms with van der Waals surface area (Å²) in [4.78, 5) is 4.43. The molecule has 1 aliphatic rings. The van der Waals surface area contributed by atoms with Gasteiger partial charge in [0.25, 0.3) is 0 Å². The predicted octanol–water partition coefficient (Wildman–Crippen LogP) is 3.59. The zero-order chi connectivity index (χ0) is 14.9. The average Bonchev–Trinajstić information content (AvgIpc) is 2.55. The lowest BCUT2D eigenvalue weighted by Gasteiger charge is -2.23. The summed E-state index contributed by atoms with van der Waals surface area (Å²) < 4.78 is 0. The molecule has 114 valence electrons. The molecule has 0 amide bonds. The molecule has 0 unspecified atom stereocenters. The van der Waals surface area contributed by atoms with Gasteiger partial charge in [-0.15, -0.1) is 0 Å². The molecule has 0 atom stereocenters. The van der Waals surface area contributed by atoms with Crippen molar-refractivity contribution in [1.29, 1.82) is 0 Å². The number of amidine groups is 1. The van der Waals surface area contributed by atoms with Crippen molar-refractivity contribution in [1.82, 2.24) is 10.6 Å². The predicted molar refractivity (Wildman–Crippen MR) is 91.5 cm³/mol. The number of hydrogen-bond acceptors (Lipinski definition) is 2. The lowest BCUT2D eigenvalue weighted by molar-refractivity contribution is 0.688. The smallest absolute Gasteiger partial charge is 0.100 e. The zero-order valence-corrected chi connectivity index (χ0v) is 13.3. The summed E-state index contributed by atoms with van der Waals surface area (Å²) in [5, 5.41) is 7.07. The second-order valence-corrected chi connectivity index (χ2v) is 5.50. The van der Waals surface area contributed by atoms with Gasteiger partial charge in [-0.3, -0.25) is 4.99 Å². The van der Waals surface area contributed by atoms with Crippen molar-refractivity contribution in [2.24, 2.45) is 4.99 Å². The van der Waals surface area contributed by atoms with Crippen LogP contribution in [-0.2, 0) is 0 Å². The van der Waals surface area contributed by atoms with Gasteiger partial charge in [-0.2, -0.15) is 0 Å². The maximum absolute atomic E-state index is 4.43. The molecule has 0 aliphatic carbocycles. The van der Waals surface area contributed by atoms with Gasteiger partial charge in [0, 0.05) is 38.7 Å². The van der Waals surface area contributed by atoms with Gasteiger partial charge in [0.15, 0.2) is 0 Å². The first-order valence-corrected chi connectivity index (χ1v) is 8.06. The van der Waals surface area contributed by atoms with Gasteiger partial charge in [0.1, 0.15) is 5.84 Å². The molecule has 2 N–H and O–H groups in total. The van der Waals surface area contributed by atoms with Crippen molar-refractivity contribution in [3.8, 4) is 0 Å². The van der Waals surface area contributed by atoms with Gasteiger partial charge in [0.2, 0.25) is 0 Å². The molecule has 1 aromatic rings.